The number of hydrogen-bond acceptors (Lipinski definition) is 4. The zero-order valence-corrected chi connectivity index (χ0v) is 16.5. The van der Waals surface area contributed by atoms with Crippen molar-refractivity contribution >= 4 is 23.2 Å². The average Bonchev–Trinajstić information content (AvgIpc) is 2.69. The smallest absolute Gasteiger partial charge is 0.224 e. The van der Waals surface area contributed by atoms with E-state index in [0.717, 1.165) is 22.5 Å². The van der Waals surface area contributed by atoms with Gasteiger partial charge in [0.25, 0.3) is 0 Å². The van der Waals surface area contributed by atoms with Crippen LogP contribution in [0.1, 0.15) is 36.8 Å². The molecule has 0 aromatic heterocycles. The molecule has 0 bridgehead atoms. The minimum atomic E-state index is -0.0476. The van der Waals surface area contributed by atoms with Crippen LogP contribution in [0, 0.1) is 0 Å². The summed E-state index contributed by atoms with van der Waals surface area (Å²) in [4.78, 5) is 24.0. The van der Waals surface area contributed by atoms with Crippen LogP contribution in [0.4, 0.5) is 11.4 Å². The summed E-state index contributed by atoms with van der Waals surface area (Å²) in [5, 5.41) is 5.73. The molecule has 0 heterocycles. The maximum atomic E-state index is 12.0. The lowest BCUT2D eigenvalue weighted by atomic mass is 10.1. The lowest BCUT2D eigenvalue weighted by molar-refractivity contribution is -0.118. The standard InChI is InChI=1S/C22H28N2O4/c1-27-15-17-7-11-19(12-8-17)23-21(25)5-3-4-6-22(26)24-20-13-9-18(10-14-20)16-28-2/h7-14H,3-6,15-16H2,1-2H3,(H,23,25)(H,24,26). The molecule has 2 aromatic carbocycles. The predicted octanol–water partition coefficient (Wildman–Crippen LogP) is 4.12. The van der Waals surface area contributed by atoms with Crippen molar-refractivity contribution in [3.8, 4) is 0 Å². The van der Waals surface area contributed by atoms with Crippen molar-refractivity contribution in [3.05, 3.63) is 59.7 Å². The third-order valence-electron chi connectivity index (χ3n) is 4.16. The predicted molar refractivity (Wildman–Crippen MR) is 110 cm³/mol. The van der Waals surface area contributed by atoms with Crippen LogP contribution < -0.4 is 10.6 Å². The molecule has 2 N–H and O–H groups in total. The molecule has 2 aromatic rings. The van der Waals surface area contributed by atoms with Gasteiger partial charge in [0.1, 0.15) is 0 Å². The van der Waals surface area contributed by atoms with Gasteiger partial charge in [-0.3, -0.25) is 9.59 Å². The van der Waals surface area contributed by atoms with E-state index in [4.69, 9.17) is 9.47 Å². The molecule has 2 rings (SSSR count). The van der Waals surface area contributed by atoms with Gasteiger partial charge >= 0.3 is 0 Å². The minimum absolute atomic E-state index is 0.0476. The average molecular weight is 384 g/mol. The number of carbonyl (C=O) groups excluding carboxylic acids is 2. The van der Waals surface area contributed by atoms with Gasteiger partial charge in [-0.25, -0.2) is 0 Å². The summed E-state index contributed by atoms with van der Waals surface area (Å²) in [6.45, 7) is 1.10. The van der Waals surface area contributed by atoms with Crippen LogP contribution >= 0.6 is 0 Å². The van der Waals surface area contributed by atoms with Gasteiger partial charge in [0.2, 0.25) is 11.8 Å². The Kier molecular flexibility index (Phi) is 9.18. The highest BCUT2D eigenvalue weighted by molar-refractivity contribution is 5.91. The topological polar surface area (TPSA) is 76.7 Å². The Labute approximate surface area is 166 Å². The SMILES string of the molecule is COCc1ccc(NC(=O)CCCCC(=O)Nc2ccc(COC)cc2)cc1. The summed E-state index contributed by atoms with van der Waals surface area (Å²) in [6.07, 6.45) is 2.10. The highest BCUT2D eigenvalue weighted by Crippen LogP contribution is 2.13. The normalized spacial score (nSPS) is 10.5. The fourth-order valence-corrected chi connectivity index (χ4v) is 2.72. The van der Waals surface area contributed by atoms with E-state index < -0.39 is 0 Å². The van der Waals surface area contributed by atoms with Gasteiger partial charge in [-0.05, 0) is 48.2 Å². The molecule has 6 nitrogen and oxygen atoms in total. The number of methoxy groups -OCH3 is 2. The second-order valence-corrected chi connectivity index (χ2v) is 6.56. The third-order valence-corrected chi connectivity index (χ3v) is 4.16. The molecule has 0 fully saturated rings. The molecule has 6 heteroatoms. The summed E-state index contributed by atoms with van der Waals surface area (Å²) >= 11 is 0. The van der Waals surface area contributed by atoms with Crippen molar-refractivity contribution in [2.45, 2.75) is 38.9 Å². The molecule has 0 spiro atoms. The first kappa shape index (κ1) is 21.6. The van der Waals surface area contributed by atoms with Gasteiger partial charge in [0.15, 0.2) is 0 Å². The molecule has 0 unspecified atom stereocenters. The third kappa shape index (κ3) is 7.90. The van der Waals surface area contributed by atoms with Gasteiger partial charge in [-0.2, -0.15) is 0 Å². The number of nitrogens with one attached hydrogen (secondary N) is 2. The summed E-state index contributed by atoms with van der Waals surface area (Å²) < 4.78 is 10.1. The Morgan fingerprint density at radius 1 is 0.679 bits per heavy atom. The van der Waals surface area contributed by atoms with Crippen molar-refractivity contribution in [2.24, 2.45) is 0 Å². The van der Waals surface area contributed by atoms with Gasteiger partial charge in [-0.15, -0.1) is 0 Å². The summed E-state index contributed by atoms with van der Waals surface area (Å²) in [6, 6.07) is 15.1. The monoisotopic (exact) mass is 384 g/mol. The van der Waals surface area contributed by atoms with Crippen molar-refractivity contribution in [1.29, 1.82) is 0 Å². The number of ether oxygens (including phenoxy) is 2. The maximum absolute atomic E-state index is 12.0. The first-order valence-corrected chi connectivity index (χ1v) is 9.36. The van der Waals surface area contributed by atoms with E-state index in [1.807, 2.05) is 48.5 Å². The lowest BCUT2D eigenvalue weighted by Gasteiger charge is -2.08. The Bertz CT molecular complexity index is 677. The van der Waals surface area contributed by atoms with E-state index in [0.29, 0.717) is 38.9 Å². The van der Waals surface area contributed by atoms with Crippen LogP contribution in [-0.2, 0) is 32.3 Å². The summed E-state index contributed by atoms with van der Waals surface area (Å²) in [7, 11) is 3.29. The molecule has 0 atom stereocenters. The second-order valence-electron chi connectivity index (χ2n) is 6.56. The molecule has 0 saturated carbocycles. The van der Waals surface area contributed by atoms with E-state index in [2.05, 4.69) is 10.6 Å². The van der Waals surface area contributed by atoms with Crippen LogP contribution in [0.5, 0.6) is 0 Å². The second kappa shape index (κ2) is 11.9. The number of amides is 2. The molecule has 28 heavy (non-hydrogen) atoms. The highest BCUT2D eigenvalue weighted by Gasteiger charge is 2.06. The van der Waals surface area contributed by atoms with E-state index in [9.17, 15) is 9.59 Å². The van der Waals surface area contributed by atoms with Crippen molar-refractivity contribution < 1.29 is 19.1 Å². The van der Waals surface area contributed by atoms with E-state index in [1.54, 1.807) is 14.2 Å². The highest BCUT2D eigenvalue weighted by atomic mass is 16.5. The first-order valence-electron chi connectivity index (χ1n) is 9.36. The van der Waals surface area contributed by atoms with E-state index >= 15 is 0 Å². The first-order chi connectivity index (χ1) is 13.6. The number of unbranched alkanes of at least 4 members (excludes halogenated alkanes) is 1. The molecule has 0 radical (unpaired) electrons. The van der Waals surface area contributed by atoms with Crippen molar-refractivity contribution in [1.82, 2.24) is 0 Å². The minimum Gasteiger partial charge on any atom is -0.380 e. The molecule has 0 aliphatic heterocycles. The molecule has 0 saturated heterocycles. The zero-order chi connectivity index (χ0) is 20.2. The number of carbonyl (C=O) groups is 2. The molecular formula is C22H28N2O4. The van der Waals surface area contributed by atoms with E-state index in [-0.39, 0.29) is 11.8 Å². The molecule has 150 valence electrons. The lowest BCUT2D eigenvalue weighted by Crippen LogP contribution is -2.13. The summed E-state index contributed by atoms with van der Waals surface area (Å²) in [5.41, 5.74) is 3.64. The van der Waals surface area contributed by atoms with Crippen LogP contribution in [0.2, 0.25) is 0 Å². The van der Waals surface area contributed by atoms with Crippen molar-refractivity contribution in [2.75, 3.05) is 24.9 Å². The van der Waals surface area contributed by atoms with Gasteiger partial charge < -0.3 is 20.1 Å². The quantitative estimate of drug-likeness (QED) is 0.572. The molecule has 2 amide bonds. The Morgan fingerprint density at radius 3 is 1.36 bits per heavy atom. The fourth-order valence-electron chi connectivity index (χ4n) is 2.72. The van der Waals surface area contributed by atoms with Crippen LogP contribution in [0.3, 0.4) is 0 Å². The van der Waals surface area contributed by atoms with E-state index in [1.165, 1.54) is 0 Å². The number of benzene rings is 2. The van der Waals surface area contributed by atoms with Crippen LogP contribution in [-0.4, -0.2) is 26.0 Å². The number of rotatable bonds is 11. The largest absolute Gasteiger partial charge is 0.380 e. The number of hydrogen-bond donors (Lipinski definition) is 2. The molecular weight excluding hydrogens is 356 g/mol. The van der Waals surface area contributed by atoms with Gasteiger partial charge in [0.05, 0.1) is 13.2 Å². The Hall–Kier alpha value is -2.70. The van der Waals surface area contributed by atoms with Gasteiger partial charge in [-0.1, -0.05) is 24.3 Å². The Morgan fingerprint density at radius 2 is 1.04 bits per heavy atom. The number of anilines is 2. The van der Waals surface area contributed by atoms with Crippen molar-refractivity contribution in [3.63, 3.8) is 0 Å². The fraction of sp³-hybridized carbons (Fsp3) is 0.364. The van der Waals surface area contributed by atoms with Crippen LogP contribution in [0.25, 0.3) is 0 Å². The molecule has 0 aliphatic carbocycles. The zero-order valence-electron chi connectivity index (χ0n) is 16.5. The maximum Gasteiger partial charge on any atom is 0.224 e. The molecule has 0 aliphatic rings. The van der Waals surface area contributed by atoms with Gasteiger partial charge in [0, 0.05) is 38.4 Å². The Balaban J connectivity index is 1.63. The summed E-state index contributed by atoms with van der Waals surface area (Å²) in [5.74, 6) is -0.0951. The van der Waals surface area contributed by atoms with Crippen LogP contribution in [0.15, 0.2) is 48.5 Å².